The number of carbonyl (C=O) groups excluding carboxylic acids is 2. The zero-order chi connectivity index (χ0) is 33.2. The van der Waals surface area contributed by atoms with E-state index in [0.29, 0.717) is 52.7 Å². The highest BCUT2D eigenvalue weighted by atomic mass is 32.2. The molecule has 0 atom stereocenters. The van der Waals surface area contributed by atoms with Gasteiger partial charge in [0.05, 0.1) is 28.1 Å². The normalized spacial score (nSPS) is 15.5. The summed E-state index contributed by atoms with van der Waals surface area (Å²) in [5.74, 6) is -0.672. The maximum Gasteiger partial charge on any atom is 0.261 e. The Kier molecular flexibility index (Phi) is 8.76. The second-order valence-corrected chi connectivity index (χ2v) is 14.9. The standard InChI is InChI=1S/C34H33N5O6S2/c1-46(42,43)39(23-31(40)38-20-8-9-21-38)27-16-14-25(15-17-27)35-33(24-10-4-2-5-11-24)32-29-22-28(18-19-30(29)36-34(32)41)47(44,45)37-26-12-6-3-7-13-26/h2-7,10-19,22,35,37H,8-9,20-21,23H2,1H3,(H,36,41). The van der Waals surface area contributed by atoms with Crippen LogP contribution in [0.25, 0.3) is 11.3 Å². The van der Waals surface area contributed by atoms with Gasteiger partial charge in [-0.05, 0) is 73.0 Å². The molecule has 4 aromatic carbocycles. The lowest BCUT2D eigenvalue weighted by atomic mass is 10.00. The van der Waals surface area contributed by atoms with E-state index >= 15 is 0 Å². The molecule has 4 aromatic rings. The van der Waals surface area contributed by atoms with E-state index in [2.05, 4.69) is 15.4 Å². The van der Waals surface area contributed by atoms with Gasteiger partial charge in [0.25, 0.3) is 15.9 Å². The summed E-state index contributed by atoms with van der Waals surface area (Å²) in [6.07, 6.45) is 2.86. The maximum atomic E-state index is 13.5. The summed E-state index contributed by atoms with van der Waals surface area (Å²) < 4.78 is 55.7. The zero-order valence-corrected chi connectivity index (χ0v) is 27.1. The molecule has 2 heterocycles. The Morgan fingerprint density at radius 1 is 0.830 bits per heavy atom. The molecule has 0 spiro atoms. The van der Waals surface area contributed by atoms with Gasteiger partial charge in [0.1, 0.15) is 6.54 Å². The predicted molar refractivity (Wildman–Crippen MR) is 184 cm³/mol. The molecule has 13 heteroatoms. The smallest absolute Gasteiger partial charge is 0.261 e. The van der Waals surface area contributed by atoms with Crippen molar-refractivity contribution in [3.05, 3.63) is 114 Å². The number of fused-ring (bicyclic) bond motifs is 1. The number of benzene rings is 4. The maximum absolute atomic E-state index is 13.5. The van der Waals surface area contributed by atoms with Crippen LogP contribution < -0.4 is 19.7 Å². The lowest BCUT2D eigenvalue weighted by molar-refractivity contribution is -0.128. The van der Waals surface area contributed by atoms with E-state index in [9.17, 15) is 26.4 Å². The van der Waals surface area contributed by atoms with Gasteiger partial charge in [-0.15, -0.1) is 0 Å². The van der Waals surface area contributed by atoms with E-state index in [1.165, 1.54) is 12.1 Å². The van der Waals surface area contributed by atoms with Gasteiger partial charge in [0.2, 0.25) is 15.9 Å². The van der Waals surface area contributed by atoms with E-state index < -0.39 is 26.0 Å². The van der Waals surface area contributed by atoms with Crippen molar-refractivity contribution in [1.29, 1.82) is 0 Å². The summed E-state index contributed by atoms with van der Waals surface area (Å²) in [7, 11) is -7.74. The number of amides is 2. The van der Waals surface area contributed by atoms with E-state index in [-0.39, 0.29) is 22.9 Å². The highest BCUT2D eigenvalue weighted by Gasteiger charge is 2.31. The van der Waals surface area contributed by atoms with Crippen LogP contribution >= 0.6 is 0 Å². The molecule has 0 saturated carbocycles. The summed E-state index contributed by atoms with van der Waals surface area (Å²) in [5, 5.41) is 6.14. The van der Waals surface area contributed by atoms with Gasteiger partial charge in [-0.25, -0.2) is 16.8 Å². The van der Waals surface area contributed by atoms with E-state index in [0.717, 1.165) is 23.4 Å². The van der Waals surface area contributed by atoms with Crippen LogP contribution in [0, 0.1) is 0 Å². The number of para-hydroxylation sites is 1. The molecular formula is C34H33N5O6S2. The van der Waals surface area contributed by atoms with Crippen LogP contribution in [-0.2, 0) is 29.6 Å². The van der Waals surface area contributed by atoms with Gasteiger partial charge in [0, 0.05) is 35.7 Å². The second kappa shape index (κ2) is 12.9. The summed E-state index contributed by atoms with van der Waals surface area (Å²) in [6, 6.07) is 28.6. The number of nitrogens with zero attached hydrogens (tertiary/aromatic N) is 2. The summed E-state index contributed by atoms with van der Waals surface area (Å²) in [5.41, 5.74) is 3.45. The number of carbonyl (C=O) groups is 2. The largest absolute Gasteiger partial charge is 0.354 e. The third-order valence-corrected chi connectivity index (χ3v) is 10.5. The molecule has 47 heavy (non-hydrogen) atoms. The van der Waals surface area contributed by atoms with E-state index in [1.54, 1.807) is 65.6 Å². The first-order valence-electron chi connectivity index (χ1n) is 15.0. The molecule has 242 valence electrons. The Morgan fingerprint density at radius 2 is 1.47 bits per heavy atom. The molecule has 2 aliphatic rings. The van der Waals surface area contributed by atoms with Crippen molar-refractivity contribution in [1.82, 2.24) is 4.90 Å². The Labute approximate surface area is 274 Å². The highest BCUT2D eigenvalue weighted by Crippen LogP contribution is 2.39. The van der Waals surface area contributed by atoms with Gasteiger partial charge < -0.3 is 15.5 Å². The van der Waals surface area contributed by atoms with Crippen LogP contribution in [0.1, 0.15) is 24.0 Å². The summed E-state index contributed by atoms with van der Waals surface area (Å²) in [6.45, 7) is 0.931. The molecule has 11 nitrogen and oxygen atoms in total. The number of rotatable bonds is 10. The minimum Gasteiger partial charge on any atom is -0.354 e. The SMILES string of the molecule is CS(=O)(=O)N(CC(=O)N1CCCC1)c1ccc(NC(=C2C(=O)Nc3ccc(S(=O)(=O)Nc4ccccc4)cc32)c2ccccc2)cc1. The Bertz CT molecular complexity index is 2060. The lowest BCUT2D eigenvalue weighted by Gasteiger charge is -2.25. The molecule has 0 unspecified atom stereocenters. The molecule has 0 aliphatic carbocycles. The zero-order valence-electron chi connectivity index (χ0n) is 25.5. The average Bonchev–Trinajstić information content (AvgIpc) is 3.71. The fourth-order valence-corrected chi connectivity index (χ4v) is 7.54. The number of hydrogen-bond acceptors (Lipinski definition) is 7. The van der Waals surface area contributed by atoms with Crippen molar-refractivity contribution in [3.8, 4) is 0 Å². The van der Waals surface area contributed by atoms with Crippen LogP contribution in [0.15, 0.2) is 108 Å². The monoisotopic (exact) mass is 671 g/mol. The van der Waals surface area contributed by atoms with Gasteiger partial charge >= 0.3 is 0 Å². The molecule has 1 saturated heterocycles. The van der Waals surface area contributed by atoms with Gasteiger partial charge in [-0.2, -0.15) is 0 Å². The number of sulfonamides is 2. The van der Waals surface area contributed by atoms with Crippen molar-refractivity contribution in [2.24, 2.45) is 0 Å². The molecule has 2 aliphatic heterocycles. The predicted octanol–water partition coefficient (Wildman–Crippen LogP) is 4.81. The molecule has 0 bridgehead atoms. The fourth-order valence-electron chi connectivity index (χ4n) is 5.61. The molecule has 0 aromatic heterocycles. The first-order valence-corrected chi connectivity index (χ1v) is 18.3. The van der Waals surface area contributed by atoms with Crippen LogP contribution in [0.5, 0.6) is 0 Å². The number of anilines is 4. The number of nitrogens with one attached hydrogen (secondary N) is 3. The van der Waals surface area contributed by atoms with Crippen molar-refractivity contribution in [2.45, 2.75) is 17.7 Å². The Balaban J connectivity index is 1.35. The van der Waals surface area contributed by atoms with Crippen LogP contribution in [0.3, 0.4) is 0 Å². The van der Waals surface area contributed by atoms with Crippen molar-refractivity contribution in [3.63, 3.8) is 0 Å². The van der Waals surface area contributed by atoms with Crippen LogP contribution in [0.4, 0.5) is 22.7 Å². The van der Waals surface area contributed by atoms with Crippen LogP contribution in [0.2, 0.25) is 0 Å². The Hall–Kier alpha value is -5.14. The molecular weight excluding hydrogens is 639 g/mol. The first kappa shape index (κ1) is 31.8. The highest BCUT2D eigenvalue weighted by molar-refractivity contribution is 7.92. The minimum absolute atomic E-state index is 0.0183. The summed E-state index contributed by atoms with van der Waals surface area (Å²) in [4.78, 5) is 27.9. The fraction of sp³-hybridized carbons (Fsp3) is 0.176. The van der Waals surface area contributed by atoms with Gasteiger partial charge in [-0.1, -0.05) is 48.5 Å². The minimum atomic E-state index is -3.98. The molecule has 1 fully saturated rings. The van der Waals surface area contributed by atoms with Crippen molar-refractivity contribution < 1.29 is 26.4 Å². The number of likely N-dealkylation sites (tertiary alicyclic amines) is 1. The third-order valence-electron chi connectivity index (χ3n) is 7.95. The van der Waals surface area contributed by atoms with Gasteiger partial charge in [-0.3, -0.25) is 18.6 Å². The average molecular weight is 672 g/mol. The molecule has 0 radical (unpaired) electrons. The quantitative estimate of drug-likeness (QED) is 0.205. The second-order valence-electron chi connectivity index (χ2n) is 11.3. The van der Waals surface area contributed by atoms with Crippen molar-refractivity contribution >= 4 is 65.9 Å². The molecule has 3 N–H and O–H groups in total. The summed E-state index contributed by atoms with van der Waals surface area (Å²) >= 11 is 0. The Morgan fingerprint density at radius 3 is 2.11 bits per heavy atom. The molecule has 2 amide bonds. The lowest BCUT2D eigenvalue weighted by Crippen LogP contribution is -2.41. The van der Waals surface area contributed by atoms with E-state index in [1.807, 2.05) is 30.3 Å². The van der Waals surface area contributed by atoms with Gasteiger partial charge in [0.15, 0.2) is 0 Å². The first-order chi connectivity index (χ1) is 22.5. The third kappa shape index (κ3) is 7.00. The number of hydrogen-bond donors (Lipinski definition) is 3. The van der Waals surface area contributed by atoms with Crippen molar-refractivity contribution in [2.75, 3.05) is 45.6 Å². The topological polar surface area (TPSA) is 145 Å². The van der Waals surface area contributed by atoms with E-state index in [4.69, 9.17) is 0 Å². The van der Waals surface area contributed by atoms with Crippen LogP contribution in [-0.4, -0.2) is 59.4 Å². The molecule has 6 rings (SSSR count).